The van der Waals surface area contributed by atoms with E-state index in [2.05, 4.69) is 33.1 Å². The SMILES string of the molecule is C1=CC(N2CCc3nc(-c4cncnc4)sc3CC2)=C1. The van der Waals surface area contributed by atoms with Gasteiger partial charge in [-0.05, 0) is 12.2 Å². The van der Waals surface area contributed by atoms with Crippen LogP contribution in [-0.2, 0) is 12.8 Å². The maximum Gasteiger partial charge on any atom is 0.126 e. The molecule has 0 aromatic carbocycles. The smallest absolute Gasteiger partial charge is 0.126 e. The van der Waals surface area contributed by atoms with E-state index in [-0.39, 0.29) is 0 Å². The number of thiazole rings is 1. The van der Waals surface area contributed by atoms with Crippen LogP contribution in [0.1, 0.15) is 10.6 Å². The Kier molecular flexibility index (Phi) is 2.85. The lowest BCUT2D eigenvalue weighted by atomic mass is 10.2. The zero-order chi connectivity index (χ0) is 13.4. The molecule has 0 atom stereocenters. The summed E-state index contributed by atoms with van der Waals surface area (Å²) in [5.41, 5.74) is 3.63. The standard InChI is InChI=1S/C15H14N4S/c1-2-12(3-1)19-6-4-13-14(5-7-19)20-15(18-13)11-8-16-10-17-9-11/h1-3,8-10H,4-7H2. The minimum atomic E-state index is 1.02. The molecule has 3 heterocycles. The normalized spacial score (nSPS) is 17.2. The van der Waals surface area contributed by atoms with Crippen LogP contribution in [0.25, 0.3) is 10.6 Å². The highest BCUT2D eigenvalue weighted by Gasteiger charge is 2.20. The molecule has 0 N–H and O–H groups in total. The summed E-state index contributed by atoms with van der Waals surface area (Å²) in [6.07, 6.45) is 13.8. The van der Waals surface area contributed by atoms with Crippen molar-refractivity contribution in [3.8, 4) is 10.6 Å². The van der Waals surface area contributed by atoms with Crippen molar-refractivity contribution in [1.82, 2.24) is 19.9 Å². The summed E-state index contributed by atoms with van der Waals surface area (Å²) in [6.45, 7) is 2.13. The zero-order valence-corrected chi connectivity index (χ0v) is 11.8. The quantitative estimate of drug-likeness (QED) is 0.848. The first-order valence-corrected chi connectivity index (χ1v) is 7.59. The second-order valence-electron chi connectivity index (χ2n) is 4.95. The Bertz CT molecular complexity index is 662. The van der Waals surface area contributed by atoms with E-state index < -0.39 is 0 Å². The van der Waals surface area contributed by atoms with E-state index in [1.165, 1.54) is 16.3 Å². The molecule has 2 aromatic rings. The Balaban J connectivity index is 1.57. The molecule has 0 bridgehead atoms. The van der Waals surface area contributed by atoms with Gasteiger partial charge in [0, 0.05) is 54.5 Å². The van der Waals surface area contributed by atoms with E-state index in [9.17, 15) is 0 Å². The van der Waals surface area contributed by atoms with Crippen molar-refractivity contribution in [2.45, 2.75) is 12.8 Å². The van der Waals surface area contributed by atoms with E-state index in [1.807, 2.05) is 12.4 Å². The fourth-order valence-electron chi connectivity index (χ4n) is 2.55. The molecular formula is C15H14N4S. The van der Waals surface area contributed by atoms with Crippen molar-refractivity contribution in [2.24, 2.45) is 0 Å². The third-order valence-electron chi connectivity index (χ3n) is 3.71. The Morgan fingerprint density at radius 2 is 1.90 bits per heavy atom. The molecule has 2 aliphatic rings. The van der Waals surface area contributed by atoms with Crippen LogP contribution in [-0.4, -0.2) is 32.9 Å². The third kappa shape index (κ3) is 2.04. The van der Waals surface area contributed by atoms with E-state index in [4.69, 9.17) is 4.98 Å². The minimum Gasteiger partial charge on any atom is -0.371 e. The lowest BCUT2D eigenvalue weighted by Crippen LogP contribution is -2.26. The van der Waals surface area contributed by atoms with Gasteiger partial charge in [-0.3, -0.25) is 0 Å². The van der Waals surface area contributed by atoms with E-state index >= 15 is 0 Å². The van der Waals surface area contributed by atoms with Crippen LogP contribution in [0.15, 0.2) is 42.6 Å². The summed E-state index contributed by atoms with van der Waals surface area (Å²) in [6, 6.07) is 0. The Labute approximate surface area is 121 Å². The number of hydrogen-bond acceptors (Lipinski definition) is 5. The van der Waals surface area contributed by atoms with Crippen LogP contribution in [0, 0.1) is 0 Å². The van der Waals surface area contributed by atoms with Crippen molar-refractivity contribution >= 4 is 11.3 Å². The monoisotopic (exact) mass is 282 g/mol. The van der Waals surface area contributed by atoms with Crippen molar-refractivity contribution in [3.05, 3.63) is 53.2 Å². The molecule has 4 rings (SSSR count). The first kappa shape index (κ1) is 11.8. The predicted molar refractivity (Wildman–Crippen MR) is 79.3 cm³/mol. The minimum absolute atomic E-state index is 1.02. The van der Waals surface area contributed by atoms with E-state index in [0.717, 1.165) is 36.5 Å². The molecule has 4 nitrogen and oxygen atoms in total. The van der Waals surface area contributed by atoms with Gasteiger partial charge in [-0.1, -0.05) is 6.08 Å². The highest BCUT2D eigenvalue weighted by molar-refractivity contribution is 7.15. The Hall–Kier alpha value is -2.01. The fraction of sp³-hybridized carbons (Fsp3) is 0.267. The van der Waals surface area contributed by atoms with Crippen LogP contribution >= 0.6 is 11.3 Å². The van der Waals surface area contributed by atoms with E-state index in [1.54, 1.807) is 17.7 Å². The maximum atomic E-state index is 4.79. The van der Waals surface area contributed by atoms with Crippen LogP contribution in [0.2, 0.25) is 0 Å². The fourth-order valence-corrected chi connectivity index (χ4v) is 3.62. The highest BCUT2D eigenvalue weighted by Crippen LogP contribution is 2.30. The largest absolute Gasteiger partial charge is 0.371 e. The number of nitrogens with zero attached hydrogens (tertiary/aromatic N) is 4. The second-order valence-corrected chi connectivity index (χ2v) is 6.04. The zero-order valence-electron chi connectivity index (χ0n) is 11.0. The summed E-state index contributed by atoms with van der Waals surface area (Å²) >= 11 is 1.79. The van der Waals surface area contributed by atoms with Crippen LogP contribution in [0.4, 0.5) is 0 Å². The van der Waals surface area contributed by atoms with Crippen LogP contribution in [0.3, 0.4) is 0 Å². The van der Waals surface area contributed by atoms with Gasteiger partial charge in [0.25, 0.3) is 0 Å². The van der Waals surface area contributed by atoms with Gasteiger partial charge < -0.3 is 4.90 Å². The van der Waals surface area contributed by atoms with Gasteiger partial charge in [-0.15, -0.1) is 11.3 Å². The number of allylic oxidation sites excluding steroid dienone is 3. The highest BCUT2D eigenvalue weighted by atomic mass is 32.1. The summed E-state index contributed by atoms with van der Waals surface area (Å²) in [7, 11) is 0. The first-order valence-electron chi connectivity index (χ1n) is 6.77. The Morgan fingerprint density at radius 1 is 1.10 bits per heavy atom. The van der Waals surface area contributed by atoms with Gasteiger partial charge in [0.15, 0.2) is 0 Å². The molecular weight excluding hydrogens is 268 g/mol. The lowest BCUT2D eigenvalue weighted by molar-refractivity contribution is 0.369. The molecule has 0 saturated heterocycles. The van der Waals surface area contributed by atoms with Crippen molar-refractivity contribution in [2.75, 3.05) is 13.1 Å². The number of hydrogen-bond donors (Lipinski definition) is 0. The number of aromatic nitrogens is 3. The molecule has 100 valence electrons. The molecule has 0 unspecified atom stereocenters. The van der Waals surface area contributed by atoms with Gasteiger partial charge in [0.05, 0.1) is 5.69 Å². The molecule has 0 fully saturated rings. The van der Waals surface area contributed by atoms with Crippen LogP contribution in [0.5, 0.6) is 0 Å². The Morgan fingerprint density at radius 3 is 2.65 bits per heavy atom. The molecule has 1 aliphatic carbocycles. The molecule has 0 radical (unpaired) electrons. The number of fused-ring (bicyclic) bond motifs is 1. The molecule has 20 heavy (non-hydrogen) atoms. The van der Waals surface area contributed by atoms with Crippen molar-refractivity contribution in [3.63, 3.8) is 0 Å². The molecule has 2 aromatic heterocycles. The summed E-state index contributed by atoms with van der Waals surface area (Å²) in [5.74, 6) is 0. The predicted octanol–water partition coefficient (Wildman–Crippen LogP) is 2.45. The third-order valence-corrected chi connectivity index (χ3v) is 4.92. The van der Waals surface area contributed by atoms with Gasteiger partial charge in [0.1, 0.15) is 11.3 Å². The topological polar surface area (TPSA) is 41.9 Å². The van der Waals surface area contributed by atoms with Gasteiger partial charge >= 0.3 is 0 Å². The molecule has 1 aliphatic heterocycles. The van der Waals surface area contributed by atoms with Gasteiger partial charge in [-0.2, -0.15) is 0 Å². The second kappa shape index (κ2) is 4.83. The molecule has 0 amide bonds. The first-order chi connectivity index (χ1) is 9.90. The van der Waals surface area contributed by atoms with E-state index in [0.29, 0.717) is 0 Å². The maximum absolute atomic E-state index is 4.79. The summed E-state index contributed by atoms with van der Waals surface area (Å²) in [4.78, 5) is 16.8. The number of rotatable bonds is 2. The molecule has 5 heteroatoms. The van der Waals surface area contributed by atoms with Gasteiger partial charge in [0.2, 0.25) is 0 Å². The van der Waals surface area contributed by atoms with Crippen molar-refractivity contribution < 1.29 is 0 Å². The van der Waals surface area contributed by atoms with Gasteiger partial charge in [-0.25, -0.2) is 15.0 Å². The van der Waals surface area contributed by atoms with Crippen molar-refractivity contribution in [1.29, 1.82) is 0 Å². The summed E-state index contributed by atoms with van der Waals surface area (Å²) in [5, 5.41) is 1.05. The average Bonchev–Trinajstić information content (AvgIpc) is 2.75. The average molecular weight is 282 g/mol. The molecule has 0 saturated carbocycles. The lowest BCUT2D eigenvalue weighted by Gasteiger charge is -2.26. The molecule has 0 spiro atoms. The summed E-state index contributed by atoms with van der Waals surface area (Å²) < 4.78 is 0. The van der Waals surface area contributed by atoms with Crippen LogP contribution < -0.4 is 0 Å².